The Morgan fingerprint density at radius 3 is 2.36 bits per heavy atom. The number of hydrogen-bond acceptors (Lipinski definition) is 5. The van der Waals surface area contributed by atoms with Gasteiger partial charge in [-0.3, -0.25) is 9.08 Å². The molecule has 0 spiro atoms. The maximum Gasteiger partial charge on any atom is 0.264 e. The van der Waals surface area contributed by atoms with Gasteiger partial charge in [-0.2, -0.15) is 8.42 Å². The smallest absolute Gasteiger partial charge is 0.264 e. The van der Waals surface area contributed by atoms with Crippen molar-refractivity contribution in [1.29, 1.82) is 0 Å². The molecular formula is C15H22FNO4S. The van der Waals surface area contributed by atoms with Gasteiger partial charge in [0, 0.05) is 19.1 Å². The normalized spacial score (nSPS) is 20.7. The van der Waals surface area contributed by atoms with Gasteiger partial charge in [-0.15, -0.1) is 0 Å². The Hall–Kier alpha value is -1.02. The zero-order chi connectivity index (χ0) is 16.4. The first-order valence-corrected chi connectivity index (χ1v) is 9.08. The lowest BCUT2D eigenvalue weighted by molar-refractivity contribution is -0.0377. The van der Waals surface area contributed by atoms with E-state index in [0.29, 0.717) is 31.5 Å². The highest BCUT2D eigenvalue weighted by Gasteiger charge is 2.35. The average Bonchev–Trinajstić information content (AvgIpc) is 2.45. The first-order chi connectivity index (χ1) is 10.2. The second-order valence-electron chi connectivity index (χ2n) is 5.91. The van der Waals surface area contributed by atoms with E-state index >= 15 is 0 Å². The summed E-state index contributed by atoms with van der Waals surface area (Å²) in [4.78, 5) is 2.09. The van der Waals surface area contributed by atoms with Crippen LogP contribution in [0.2, 0.25) is 0 Å². The molecule has 0 aromatic heterocycles. The van der Waals surface area contributed by atoms with Crippen LogP contribution in [-0.4, -0.2) is 50.4 Å². The minimum Gasteiger partial charge on any atom is -0.385 e. The van der Waals surface area contributed by atoms with Crippen molar-refractivity contribution in [3.05, 3.63) is 35.6 Å². The predicted octanol–water partition coefficient (Wildman–Crippen LogP) is 1.47. The average molecular weight is 331 g/mol. The van der Waals surface area contributed by atoms with E-state index in [1.165, 1.54) is 12.1 Å². The van der Waals surface area contributed by atoms with E-state index in [2.05, 4.69) is 4.90 Å². The summed E-state index contributed by atoms with van der Waals surface area (Å²) >= 11 is 0. The lowest BCUT2D eigenvalue weighted by Crippen LogP contribution is -2.47. The second-order valence-corrected chi connectivity index (χ2v) is 7.56. The summed E-state index contributed by atoms with van der Waals surface area (Å²) in [5.74, 6) is -0.323. The van der Waals surface area contributed by atoms with E-state index in [4.69, 9.17) is 4.18 Å². The van der Waals surface area contributed by atoms with Gasteiger partial charge in [-0.05, 0) is 37.5 Å². The van der Waals surface area contributed by atoms with Crippen molar-refractivity contribution < 1.29 is 22.1 Å². The summed E-state index contributed by atoms with van der Waals surface area (Å²) in [6.45, 7) is 3.26. The zero-order valence-corrected chi connectivity index (χ0v) is 13.6. The number of nitrogens with zero attached hydrogens (tertiary/aromatic N) is 1. The summed E-state index contributed by atoms with van der Waals surface area (Å²) < 4.78 is 39.8. The van der Waals surface area contributed by atoms with E-state index in [-0.39, 0.29) is 18.5 Å². The summed E-state index contributed by atoms with van der Waals surface area (Å²) in [6, 6.07) is 5.87. The fraction of sp³-hybridized carbons (Fsp3) is 0.600. The van der Waals surface area contributed by atoms with E-state index < -0.39 is 15.7 Å². The summed E-state index contributed by atoms with van der Waals surface area (Å²) in [6.07, 6.45) is 2.06. The third kappa shape index (κ3) is 4.49. The standard InChI is InChI=1S/C15H22FNO4S/c1-12(11-21-22(2,19)20)17-9-7-15(18,8-10-17)13-3-5-14(16)6-4-13/h3-6,12,18H,7-11H2,1-2H3. The van der Waals surface area contributed by atoms with Crippen molar-refractivity contribution in [2.45, 2.75) is 31.4 Å². The highest BCUT2D eigenvalue weighted by Crippen LogP contribution is 2.33. The number of piperidine rings is 1. The van der Waals surface area contributed by atoms with E-state index in [1.807, 2.05) is 6.92 Å². The van der Waals surface area contributed by atoms with Crippen LogP contribution in [-0.2, 0) is 19.9 Å². The van der Waals surface area contributed by atoms with Crippen LogP contribution in [0, 0.1) is 5.82 Å². The largest absolute Gasteiger partial charge is 0.385 e. The molecule has 5 nitrogen and oxygen atoms in total. The van der Waals surface area contributed by atoms with Crippen molar-refractivity contribution in [3.63, 3.8) is 0 Å². The lowest BCUT2D eigenvalue weighted by atomic mass is 9.84. The molecule has 0 amide bonds. The molecule has 1 aliphatic heterocycles. The van der Waals surface area contributed by atoms with Crippen molar-refractivity contribution in [2.24, 2.45) is 0 Å². The molecule has 1 aromatic rings. The number of aliphatic hydroxyl groups is 1. The molecule has 0 radical (unpaired) electrons. The van der Waals surface area contributed by atoms with Gasteiger partial charge in [0.05, 0.1) is 18.5 Å². The molecule has 22 heavy (non-hydrogen) atoms. The Kier molecular flexibility index (Phi) is 5.21. The zero-order valence-electron chi connectivity index (χ0n) is 12.8. The summed E-state index contributed by atoms with van der Waals surface area (Å²) in [5.41, 5.74) is -0.240. The number of halogens is 1. The van der Waals surface area contributed by atoms with Gasteiger partial charge in [0.2, 0.25) is 0 Å². The van der Waals surface area contributed by atoms with Crippen LogP contribution in [0.25, 0.3) is 0 Å². The molecule has 1 N–H and O–H groups in total. The topological polar surface area (TPSA) is 66.8 Å². The molecular weight excluding hydrogens is 309 g/mol. The Morgan fingerprint density at radius 1 is 1.32 bits per heavy atom. The Bertz CT molecular complexity index is 594. The van der Waals surface area contributed by atoms with Gasteiger partial charge in [0.1, 0.15) is 5.82 Å². The summed E-state index contributed by atoms with van der Waals surface area (Å²) in [7, 11) is -3.44. The molecule has 7 heteroatoms. The van der Waals surface area contributed by atoms with Crippen molar-refractivity contribution in [2.75, 3.05) is 26.0 Å². The van der Waals surface area contributed by atoms with Crippen LogP contribution >= 0.6 is 0 Å². The minimum atomic E-state index is -3.44. The van der Waals surface area contributed by atoms with Crippen molar-refractivity contribution >= 4 is 10.1 Å². The second kappa shape index (κ2) is 6.62. The maximum absolute atomic E-state index is 13.0. The molecule has 0 saturated carbocycles. The fourth-order valence-corrected chi connectivity index (χ4v) is 3.16. The molecule has 1 saturated heterocycles. The highest BCUT2D eigenvalue weighted by atomic mass is 32.2. The fourth-order valence-electron chi connectivity index (χ4n) is 2.71. The van der Waals surface area contributed by atoms with Crippen LogP contribution in [0.5, 0.6) is 0 Å². The first-order valence-electron chi connectivity index (χ1n) is 7.26. The van der Waals surface area contributed by atoms with Gasteiger partial charge in [0.25, 0.3) is 10.1 Å². The molecule has 1 unspecified atom stereocenters. The lowest BCUT2D eigenvalue weighted by Gasteiger charge is -2.40. The van der Waals surface area contributed by atoms with Crippen LogP contribution in [0.4, 0.5) is 4.39 Å². The van der Waals surface area contributed by atoms with Crippen LogP contribution in [0.15, 0.2) is 24.3 Å². The quantitative estimate of drug-likeness (QED) is 0.828. The Balaban J connectivity index is 1.93. The third-order valence-electron chi connectivity index (χ3n) is 4.15. The highest BCUT2D eigenvalue weighted by molar-refractivity contribution is 7.85. The van der Waals surface area contributed by atoms with E-state index in [1.54, 1.807) is 12.1 Å². The monoisotopic (exact) mass is 331 g/mol. The van der Waals surface area contributed by atoms with Crippen molar-refractivity contribution in [1.82, 2.24) is 4.90 Å². The van der Waals surface area contributed by atoms with Crippen LogP contribution < -0.4 is 0 Å². The number of benzene rings is 1. The third-order valence-corrected chi connectivity index (χ3v) is 4.72. The SMILES string of the molecule is CC(COS(C)(=O)=O)N1CCC(O)(c2ccc(F)cc2)CC1. The minimum absolute atomic E-state index is 0.0486. The molecule has 1 heterocycles. The molecule has 1 aliphatic rings. The Morgan fingerprint density at radius 2 is 1.86 bits per heavy atom. The molecule has 124 valence electrons. The van der Waals surface area contributed by atoms with Crippen LogP contribution in [0.1, 0.15) is 25.3 Å². The van der Waals surface area contributed by atoms with Gasteiger partial charge in [0.15, 0.2) is 0 Å². The molecule has 0 aliphatic carbocycles. The van der Waals surface area contributed by atoms with Crippen molar-refractivity contribution in [3.8, 4) is 0 Å². The molecule has 1 atom stereocenters. The predicted molar refractivity (Wildman–Crippen MR) is 81.4 cm³/mol. The first kappa shape index (κ1) is 17.3. The maximum atomic E-state index is 13.0. The molecule has 1 fully saturated rings. The van der Waals surface area contributed by atoms with Gasteiger partial charge >= 0.3 is 0 Å². The molecule has 1 aromatic carbocycles. The molecule has 0 bridgehead atoms. The summed E-state index contributed by atoms with van der Waals surface area (Å²) in [5, 5.41) is 10.7. The molecule has 2 rings (SSSR count). The van der Waals surface area contributed by atoms with E-state index in [9.17, 15) is 17.9 Å². The van der Waals surface area contributed by atoms with Gasteiger partial charge in [-0.1, -0.05) is 12.1 Å². The number of hydrogen-bond donors (Lipinski definition) is 1. The Labute approximate surface area is 130 Å². The number of likely N-dealkylation sites (tertiary alicyclic amines) is 1. The van der Waals surface area contributed by atoms with Crippen LogP contribution in [0.3, 0.4) is 0 Å². The van der Waals surface area contributed by atoms with E-state index in [0.717, 1.165) is 6.26 Å². The van der Waals surface area contributed by atoms with Gasteiger partial charge in [-0.25, -0.2) is 4.39 Å². The van der Waals surface area contributed by atoms with Gasteiger partial charge < -0.3 is 5.11 Å². The number of rotatable bonds is 5.